The first-order valence-corrected chi connectivity index (χ1v) is 3.91. The molecule has 3 heteroatoms. The van der Waals surface area contributed by atoms with Crippen molar-refractivity contribution in [3.63, 3.8) is 0 Å². The molecule has 0 amide bonds. The maximum Gasteiger partial charge on any atom is 0.0997 e. The second kappa shape index (κ2) is 5.57. The third-order valence-corrected chi connectivity index (χ3v) is 1.53. The molecular formula is C7H15N2P. The fourth-order valence-electron chi connectivity index (χ4n) is 0.627. The third-order valence-electron chi connectivity index (χ3n) is 1.05. The van der Waals surface area contributed by atoms with E-state index in [1.165, 1.54) is 0 Å². The average Bonchev–Trinajstić information content (AvgIpc) is 1.88. The first kappa shape index (κ1) is 9.80. The molecule has 0 aromatic rings. The summed E-state index contributed by atoms with van der Waals surface area (Å²) in [6.45, 7) is 5.97. The summed E-state index contributed by atoms with van der Waals surface area (Å²) < 4.78 is 0. The van der Waals surface area contributed by atoms with E-state index >= 15 is 0 Å². The van der Waals surface area contributed by atoms with E-state index in [1.54, 1.807) is 0 Å². The van der Waals surface area contributed by atoms with Gasteiger partial charge in [0.25, 0.3) is 0 Å². The van der Waals surface area contributed by atoms with Crippen LogP contribution in [0, 0.1) is 0 Å². The van der Waals surface area contributed by atoms with Gasteiger partial charge in [-0.25, -0.2) is 0 Å². The minimum absolute atomic E-state index is 0.182. The standard InChI is InChI=1S/C7H15N2P/c1-4-5-6(2)8-7(3)9-10/h4-5,7,9H,10H2,1-3H3/b5-4-,8-6-. The highest BCUT2D eigenvalue weighted by molar-refractivity contribution is 7.13. The molecule has 0 saturated carbocycles. The van der Waals surface area contributed by atoms with Crippen LogP contribution in [0.1, 0.15) is 20.8 Å². The first-order chi connectivity index (χ1) is 4.70. The lowest BCUT2D eigenvalue weighted by Gasteiger charge is -2.02. The van der Waals surface area contributed by atoms with Crippen LogP contribution in [0.15, 0.2) is 17.1 Å². The average molecular weight is 158 g/mol. The normalized spacial score (nSPS) is 16.2. The van der Waals surface area contributed by atoms with Crippen LogP contribution in [0.25, 0.3) is 0 Å². The van der Waals surface area contributed by atoms with Crippen molar-refractivity contribution < 1.29 is 0 Å². The van der Waals surface area contributed by atoms with Crippen molar-refractivity contribution in [2.45, 2.75) is 26.9 Å². The second-order valence-electron chi connectivity index (χ2n) is 2.11. The summed E-state index contributed by atoms with van der Waals surface area (Å²) in [6, 6.07) is 0. The third kappa shape index (κ3) is 4.66. The molecule has 2 atom stereocenters. The van der Waals surface area contributed by atoms with E-state index in [4.69, 9.17) is 0 Å². The van der Waals surface area contributed by atoms with Gasteiger partial charge in [-0.15, -0.1) is 0 Å². The molecule has 2 nitrogen and oxygen atoms in total. The van der Waals surface area contributed by atoms with Crippen LogP contribution in [0.5, 0.6) is 0 Å². The molecular weight excluding hydrogens is 143 g/mol. The quantitative estimate of drug-likeness (QED) is 0.491. The van der Waals surface area contributed by atoms with Crippen molar-refractivity contribution in [3.8, 4) is 0 Å². The molecule has 0 aliphatic heterocycles. The minimum atomic E-state index is 0.182. The Morgan fingerprint density at radius 3 is 2.70 bits per heavy atom. The van der Waals surface area contributed by atoms with Gasteiger partial charge < -0.3 is 0 Å². The molecule has 0 bridgehead atoms. The highest BCUT2D eigenvalue weighted by Crippen LogP contribution is 1.90. The van der Waals surface area contributed by atoms with Gasteiger partial charge in [0.15, 0.2) is 0 Å². The van der Waals surface area contributed by atoms with Gasteiger partial charge in [-0.1, -0.05) is 15.5 Å². The van der Waals surface area contributed by atoms with E-state index in [0.29, 0.717) is 0 Å². The van der Waals surface area contributed by atoms with E-state index < -0.39 is 0 Å². The Kier molecular flexibility index (Phi) is 5.46. The van der Waals surface area contributed by atoms with Gasteiger partial charge in [-0.05, 0) is 26.8 Å². The van der Waals surface area contributed by atoms with Gasteiger partial charge >= 0.3 is 0 Å². The van der Waals surface area contributed by atoms with Crippen molar-refractivity contribution in [2.24, 2.45) is 4.99 Å². The van der Waals surface area contributed by atoms with Crippen molar-refractivity contribution in [3.05, 3.63) is 12.2 Å². The first-order valence-electron chi connectivity index (χ1n) is 3.34. The van der Waals surface area contributed by atoms with Crippen LogP contribution in [-0.2, 0) is 0 Å². The number of rotatable bonds is 3. The molecule has 0 fully saturated rings. The van der Waals surface area contributed by atoms with Gasteiger partial charge in [0.1, 0.15) is 0 Å². The zero-order chi connectivity index (χ0) is 7.98. The van der Waals surface area contributed by atoms with Crippen molar-refractivity contribution in [1.29, 1.82) is 0 Å². The lowest BCUT2D eigenvalue weighted by Crippen LogP contribution is -2.13. The zero-order valence-corrected chi connectivity index (χ0v) is 7.91. The molecule has 0 heterocycles. The second-order valence-corrected chi connectivity index (χ2v) is 2.45. The SMILES string of the molecule is C/C=C\C(C)=N/C(C)NP. The number of aliphatic imine (C=N–C) groups is 1. The lowest BCUT2D eigenvalue weighted by molar-refractivity contribution is 0.735. The van der Waals surface area contributed by atoms with Gasteiger partial charge in [0.05, 0.1) is 6.17 Å². The predicted octanol–water partition coefficient (Wildman–Crippen LogP) is 1.75. The molecule has 0 radical (unpaired) electrons. The summed E-state index contributed by atoms with van der Waals surface area (Å²) in [5.74, 6) is 0. The number of nitrogens with zero attached hydrogens (tertiary/aromatic N) is 1. The lowest BCUT2D eigenvalue weighted by atomic mass is 10.4. The Morgan fingerprint density at radius 2 is 2.30 bits per heavy atom. The Hall–Kier alpha value is -0.200. The minimum Gasteiger partial charge on any atom is -0.279 e. The number of nitrogens with one attached hydrogen (secondary N) is 1. The topological polar surface area (TPSA) is 24.4 Å². The Bertz CT molecular complexity index is 141. The van der Waals surface area contributed by atoms with Crippen LogP contribution >= 0.6 is 9.39 Å². The Morgan fingerprint density at radius 1 is 1.70 bits per heavy atom. The van der Waals surface area contributed by atoms with E-state index in [0.717, 1.165) is 5.71 Å². The van der Waals surface area contributed by atoms with Crippen LogP contribution in [0.2, 0.25) is 0 Å². The molecule has 10 heavy (non-hydrogen) atoms. The van der Waals surface area contributed by atoms with Crippen LogP contribution in [0.4, 0.5) is 0 Å². The molecule has 0 aliphatic carbocycles. The molecule has 1 N–H and O–H groups in total. The fourth-order valence-corrected chi connectivity index (χ4v) is 0.701. The largest absolute Gasteiger partial charge is 0.279 e. The summed E-state index contributed by atoms with van der Waals surface area (Å²) in [5, 5.41) is 2.95. The maximum absolute atomic E-state index is 4.28. The van der Waals surface area contributed by atoms with Crippen LogP contribution < -0.4 is 5.09 Å². The maximum atomic E-state index is 4.28. The molecule has 0 aromatic heterocycles. The number of hydrogen-bond acceptors (Lipinski definition) is 2. The molecule has 2 unspecified atom stereocenters. The van der Waals surface area contributed by atoms with Crippen molar-refractivity contribution in [1.82, 2.24) is 5.09 Å². The van der Waals surface area contributed by atoms with Crippen molar-refractivity contribution >= 4 is 15.1 Å². The summed E-state index contributed by atoms with van der Waals surface area (Å²) in [6.07, 6.45) is 4.15. The van der Waals surface area contributed by atoms with Gasteiger partial charge in [0.2, 0.25) is 0 Å². The van der Waals surface area contributed by atoms with Gasteiger partial charge in [-0.3, -0.25) is 10.1 Å². The van der Waals surface area contributed by atoms with E-state index in [-0.39, 0.29) is 6.17 Å². The highest BCUT2D eigenvalue weighted by atomic mass is 31.0. The molecule has 0 aromatic carbocycles. The monoisotopic (exact) mass is 158 g/mol. The summed E-state index contributed by atoms with van der Waals surface area (Å²) in [7, 11) is 2.44. The summed E-state index contributed by atoms with van der Waals surface area (Å²) in [4.78, 5) is 4.28. The number of allylic oxidation sites excluding steroid dienone is 2. The summed E-state index contributed by atoms with van der Waals surface area (Å²) >= 11 is 0. The molecule has 0 rings (SSSR count). The fraction of sp³-hybridized carbons (Fsp3) is 0.571. The van der Waals surface area contributed by atoms with Gasteiger partial charge in [0, 0.05) is 5.71 Å². The van der Waals surface area contributed by atoms with Gasteiger partial charge in [-0.2, -0.15) is 0 Å². The van der Waals surface area contributed by atoms with E-state index in [9.17, 15) is 0 Å². The van der Waals surface area contributed by atoms with Crippen LogP contribution in [0.3, 0.4) is 0 Å². The zero-order valence-electron chi connectivity index (χ0n) is 6.76. The predicted molar refractivity (Wildman–Crippen MR) is 50.2 cm³/mol. The molecule has 0 saturated heterocycles. The molecule has 0 aliphatic rings. The molecule has 0 spiro atoms. The summed E-state index contributed by atoms with van der Waals surface area (Å²) in [5.41, 5.74) is 1.05. The van der Waals surface area contributed by atoms with Crippen LogP contribution in [-0.4, -0.2) is 11.9 Å². The van der Waals surface area contributed by atoms with Crippen molar-refractivity contribution in [2.75, 3.05) is 0 Å². The Labute approximate surface area is 65.1 Å². The Balaban J connectivity index is 3.89. The molecule has 58 valence electrons. The van der Waals surface area contributed by atoms with E-state index in [1.807, 2.05) is 32.9 Å². The number of hydrogen-bond donors (Lipinski definition) is 1. The smallest absolute Gasteiger partial charge is 0.0997 e. The van der Waals surface area contributed by atoms with E-state index in [2.05, 4.69) is 19.5 Å². The highest BCUT2D eigenvalue weighted by Gasteiger charge is 1.90.